The van der Waals surface area contributed by atoms with E-state index in [2.05, 4.69) is 67.6 Å². The second kappa shape index (κ2) is 7.86. The van der Waals surface area contributed by atoms with Crippen LogP contribution < -0.4 is 4.74 Å². The Morgan fingerprint density at radius 2 is 2.04 bits per heavy atom. The third-order valence-electron chi connectivity index (χ3n) is 3.59. The van der Waals surface area contributed by atoms with E-state index < -0.39 is 0 Å². The number of aromatic nitrogens is 3. The average molecular weight is 334 g/mol. The monoisotopic (exact) mass is 333 g/mol. The highest BCUT2D eigenvalue weighted by Gasteiger charge is 2.13. The molecule has 0 aliphatic rings. The van der Waals surface area contributed by atoms with E-state index in [0.29, 0.717) is 6.04 Å². The Morgan fingerprint density at radius 1 is 1.26 bits per heavy atom. The van der Waals surface area contributed by atoms with Gasteiger partial charge in [-0.15, -0.1) is 10.2 Å². The van der Waals surface area contributed by atoms with Gasteiger partial charge in [-0.25, -0.2) is 0 Å². The zero-order valence-electron chi connectivity index (χ0n) is 14.7. The van der Waals surface area contributed by atoms with Gasteiger partial charge in [-0.1, -0.05) is 44.7 Å². The molecule has 4 nitrogen and oxygen atoms in total. The largest absolute Gasteiger partial charge is 0.494 e. The van der Waals surface area contributed by atoms with Crippen molar-refractivity contribution in [2.75, 3.05) is 12.4 Å². The summed E-state index contributed by atoms with van der Waals surface area (Å²) in [6, 6.07) is 8.78. The molecule has 1 aromatic carbocycles. The summed E-state index contributed by atoms with van der Waals surface area (Å²) in [5.41, 5.74) is 1.45. The molecule has 1 aromatic heterocycles. The topological polar surface area (TPSA) is 39.9 Å². The molecule has 126 valence electrons. The second-order valence-electron chi connectivity index (χ2n) is 6.94. The summed E-state index contributed by atoms with van der Waals surface area (Å²) in [6.45, 7) is 11.6. The quantitative estimate of drug-likeness (QED) is 0.543. The molecular weight excluding hydrogens is 306 g/mol. The molecule has 5 heteroatoms. The van der Waals surface area contributed by atoms with E-state index in [-0.39, 0.29) is 5.41 Å². The van der Waals surface area contributed by atoms with E-state index in [4.69, 9.17) is 4.74 Å². The molecule has 0 saturated heterocycles. The fraction of sp³-hybridized carbons (Fsp3) is 0.556. The summed E-state index contributed by atoms with van der Waals surface area (Å²) in [5, 5.41) is 9.13. The molecule has 0 radical (unpaired) electrons. The number of rotatable bonds is 7. The third kappa shape index (κ3) is 5.27. The van der Waals surface area contributed by atoms with E-state index in [0.717, 1.165) is 29.7 Å². The Hall–Kier alpha value is -1.49. The van der Waals surface area contributed by atoms with Gasteiger partial charge in [0.25, 0.3) is 0 Å². The van der Waals surface area contributed by atoms with Crippen molar-refractivity contribution >= 4 is 11.8 Å². The van der Waals surface area contributed by atoms with Crippen LogP contribution in [0.5, 0.6) is 5.75 Å². The Labute approximate surface area is 143 Å². The molecule has 0 spiro atoms. The number of thioether (sulfide) groups is 1. The highest BCUT2D eigenvalue weighted by molar-refractivity contribution is 7.99. The van der Waals surface area contributed by atoms with Crippen LogP contribution in [0.2, 0.25) is 0 Å². The highest BCUT2D eigenvalue weighted by Crippen LogP contribution is 2.26. The van der Waals surface area contributed by atoms with Crippen molar-refractivity contribution in [3.05, 3.63) is 36.2 Å². The Bertz CT molecular complexity index is 617. The van der Waals surface area contributed by atoms with E-state index in [9.17, 15) is 0 Å². The zero-order chi connectivity index (χ0) is 16.9. The van der Waals surface area contributed by atoms with Crippen molar-refractivity contribution in [2.45, 2.75) is 57.7 Å². The van der Waals surface area contributed by atoms with Crippen LogP contribution in [0.25, 0.3) is 0 Å². The Kier molecular flexibility index (Phi) is 6.10. The SMILES string of the molecule is CC(C)n1cnnc1SCCCOc1cccc(C(C)(C)C)c1. The van der Waals surface area contributed by atoms with Crippen molar-refractivity contribution in [2.24, 2.45) is 0 Å². The number of benzene rings is 1. The predicted molar refractivity (Wildman–Crippen MR) is 96.4 cm³/mol. The molecule has 2 rings (SSSR count). The maximum Gasteiger partial charge on any atom is 0.191 e. The molecule has 0 atom stereocenters. The molecule has 2 aromatic rings. The lowest BCUT2D eigenvalue weighted by molar-refractivity contribution is 0.317. The molecule has 0 unspecified atom stereocenters. The molecule has 0 saturated carbocycles. The van der Waals surface area contributed by atoms with Crippen LogP contribution in [-0.2, 0) is 5.41 Å². The van der Waals surface area contributed by atoms with Crippen LogP contribution in [0.4, 0.5) is 0 Å². The lowest BCUT2D eigenvalue weighted by atomic mass is 9.87. The number of ether oxygens (including phenoxy) is 1. The fourth-order valence-corrected chi connectivity index (χ4v) is 3.11. The van der Waals surface area contributed by atoms with Gasteiger partial charge >= 0.3 is 0 Å². The van der Waals surface area contributed by atoms with Gasteiger partial charge in [0.15, 0.2) is 5.16 Å². The summed E-state index contributed by atoms with van der Waals surface area (Å²) in [5.74, 6) is 1.93. The number of nitrogens with zero attached hydrogens (tertiary/aromatic N) is 3. The fourth-order valence-electron chi connectivity index (χ4n) is 2.15. The molecule has 0 aliphatic heterocycles. The number of hydrogen-bond acceptors (Lipinski definition) is 4. The van der Waals surface area contributed by atoms with Crippen LogP contribution in [0.3, 0.4) is 0 Å². The molecule has 0 bridgehead atoms. The average Bonchev–Trinajstić information content (AvgIpc) is 2.95. The molecule has 0 amide bonds. The first-order valence-electron chi connectivity index (χ1n) is 8.13. The number of hydrogen-bond donors (Lipinski definition) is 0. The van der Waals surface area contributed by atoms with Crippen LogP contribution in [-0.4, -0.2) is 27.1 Å². The predicted octanol–water partition coefficient (Wildman–Crippen LogP) is 4.72. The first-order valence-corrected chi connectivity index (χ1v) is 9.12. The first-order chi connectivity index (χ1) is 10.9. The van der Waals surface area contributed by atoms with Crippen LogP contribution >= 0.6 is 11.8 Å². The summed E-state index contributed by atoms with van der Waals surface area (Å²) >= 11 is 1.73. The van der Waals surface area contributed by atoms with Crippen LogP contribution in [0.15, 0.2) is 35.7 Å². The summed E-state index contributed by atoms with van der Waals surface area (Å²) < 4.78 is 7.98. The van der Waals surface area contributed by atoms with Crippen molar-refractivity contribution in [3.8, 4) is 5.75 Å². The molecule has 23 heavy (non-hydrogen) atoms. The van der Waals surface area contributed by atoms with Gasteiger partial charge in [0.1, 0.15) is 12.1 Å². The van der Waals surface area contributed by atoms with Crippen molar-refractivity contribution in [1.82, 2.24) is 14.8 Å². The van der Waals surface area contributed by atoms with Gasteiger partial charge in [-0.3, -0.25) is 0 Å². The van der Waals surface area contributed by atoms with Gasteiger partial charge in [0, 0.05) is 11.8 Å². The van der Waals surface area contributed by atoms with E-state index in [1.807, 2.05) is 6.07 Å². The lowest BCUT2D eigenvalue weighted by Crippen LogP contribution is -2.11. The van der Waals surface area contributed by atoms with Crippen molar-refractivity contribution < 1.29 is 4.74 Å². The standard InChI is InChI=1S/C18H27N3OS/c1-14(2)21-13-19-20-17(21)23-11-7-10-22-16-9-6-8-15(12-16)18(3,4)5/h6,8-9,12-14H,7,10-11H2,1-5H3. The molecular formula is C18H27N3OS. The zero-order valence-corrected chi connectivity index (χ0v) is 15.6. The van der Waals surface area contributed by atoms with E-state index >= 15 is 0 Å². The van der Waals surface area contributed by atoms with Crippen molar-refractivity contribution in [1.29, 1.82) is 0 Å². The minimum absolute atomic E-state index is 0.149. The highest BCUT2D eigenvalue weighted by atomic mass is 32.2. The van der Waals surface area contributed by atoms with Gasteiger partial charge in [-0.2, -0.15) is 0 Å². The van der Waals surface area contributed by atoms with E-state index in [1.165, 1.54) is 5.56 Å². The maximum absolute atomic E-state index is 5.88. The van der Waals surface area contributed by atoms with E-state index in [1.54, 1.807) is 18.1 Å². The van der Waals surface area contributed by atoms with Crippen LogP contribution in [0.1, 0.15) is 52.6 Å². The minimum Gasteiger partial charge on any atom is -0.494 e. The van der Waals surface area contributed by atoms with Gasteiger partial charge in [0.05, 0.1) is 6.61 Å². The molecule has 0 N–H and O–H groups in total. The van der Waals surface area contributed by atoms with Crippen LogP contribution in [0, 0.1) is 0 Å². The lowest BCUT2D eigenvalue weighted by Gasteiger charge is -2.19. The van der Waals surface area contributed by atoms with Gasteiger partial charge < -0.3 is 9.30 Å². The molecule has 1 heterocycles. The first kappa shape index (κ1) is 17.9. The molecule has 0 fully saturated rings. The minimum atomic E-state index is 0.149. The summed E-state index contributed by atoms with van der Waals surface area (Å²) in [7, 11) is 0. The van der Waals surface area contributed by atoms with Gasteiger partial charge in [0.2, 0.25) is 0 Å². The van der Waals surface area contributed by atoms with Gasteiger partial charge in [-0.05, 0) is 43.4 Å². The molecule has 0 aliphatic carbocycles. The summed E-state index contributed by atoms with van der Waals surface area (Å²) in [6.07, 6.45) is 2.77. The normalized spacial score (nSPS) is 11.9. The summed E-state index contributed by atoms with van der Waals surface area (Å²) in [4.78, 5) is 0. The maximum atomic E-state index is 5.88. The third-order valence-corrected chi connectivity index (χ3v) is 4.63. The smallest absolute Gasteiger partial charge is 0.191 e. The van der Waals surface area contributed by atoms with Crippen molar-refractivity contribution in [3.63, 3.8) is 0 Å². The Balaban J connectivity index is 1.77. The second-order valence-corrected chi connectivity index (χ2v) is 8.00. The Morgan fingerprint density at radius 3 is 2.74 bits per heavy atom.